The number of phenols is 1. The normalized spacial score (nSPS) is 11.2. The highest BCUT2D eigenvalue weighted by Crippen LogP contribution is 2.45. The topological polar surface area (TPSA) is 125 Å². The molecule has 0 fully saturated rings. The van der Waals surface area contributed by atoms with Crippen LogP contribution < -0.4 is 30.0 Å². The van der Waals surface area contributed by atoms with Crippen LogP contribution in [0.1, 0.15) is 5.56 Å². The van der Waals surface area contributed by atoms with E-state index in [9.17, 15) is 9.90 Å². The van der Waals surface area contributed by atoms with E-state index >= 15 is 0 Å². The number of anilines is 1. The Hall–Kier alpha value is -3.99. The summed E-state index contributed by atoms with van der Waals surface area (Å²) in [6.07, 6.45) is 2.08. The van der Waals surface area contributed by atoms with Crippen molar-refractivity contribution in [2.45, 2.75) is 12.5 Å². The number of carbonyl (C=O) groups excluding carboxylic acids is 1. The number of nitrogens with zero attached hydrogens (tertiary/aromatic N) is 1. The number of nitrogens with two attached hydrogens (primary N) is 1. The zero-order valence-electron chi connectivity index (χ0n) is 21.9. The number of ether oxygens (including phenoxy) is 4. The third-order valence-electron chi connectivity index (χ3n) is 5.99. The van der Waals surface area contributed by atoms with Gasteiger partial charge >= 0.3 is 0 Å². The smallest absolute Gasteiger partial charge is 0.241 e. The summed E-state index contributed by atoms with van der Waals surface area (Å²) in [4.78, 5) is 13.8. The number of phenolic OH excluding ortho intramolecular Hbond substituents is 1. The molecule has 1 unspecified atom stereocenters. The third kappa shape index (κ3) is 6.54. The van der Waals surface area contributed by atoms with E-state index in [1.165, 1.54) is 18.6 Å². The fraction of sp³-hybridized carbons (Fsp3) is 0.214. The number of benzene rings is 3. The summed E-state index contributed by atoms with van der Waals surface area (Å²) < 4.78 is 26.4. The Bertz CT molecular complexity index is 1400. The fourth-order valence-corrected chi connectivity index (χ4v) is 4.80. The quantitative estimate of drug-likeness (QED) is 0.239. The summed E-state index contributed by atoms with van der Waals surface area (Å²) >= 11 is 1.33. The molecule has 0 saturated carbocycles. The molecular formula is C28H30ClN3O6S. The molecular weight excluding hydrogens is 542 g/mol. The highest BCUT2D eigenvalue weighted by Gasteiger charge is 2.20. The summed E-state index contributed by atoms with van der Waals surface area (Å²) in [6, 6.07) is 15.0. The van der Waals surface area contributed by atoms with Crippen molar-refractivity contribution in [1.82, 2.24) is 4.37 Å². The van der Waals surface area contributed by atoms with Crippen molar-refractivity contribution in [2.24, 2.45) is 5.73 Å². The number of hydrogen-bond donors (Lipinski definition) is 3. The first-order valence-electron chi connectivity index (χ1n) is 11.7. The fourth-order valence-electron chi connectivity index (χ4n) is 4.04. The van der Waals surface area contributed by atoms with Crippen LogP contribution in [0.25, 0.3) is 21.6 Å². The van der Waals surface area contributed by atoms with Crippen LogP contribution in [0, 0.1) is 0 Å². The van der Waals surface area contributed by atoms with Gasteiger partial charge in [-0.2, -0.15) is 4.37 Å². The van der Waals surface area contributed by atoms with Crippen LogP contribution in [0.2, 0.25) is 0 Å². The predicted octanol–water partition coefficient (Wildman–Crippen LogP) is 5.15. The molecule has 0 aliphatic carbocycles. The van der Waals surface area contributed by atoms with Gasteiger partial charge in [0, 0.05) is 17.3 Å². The van der Waals surface area contributed by atoms with E-state index in [1.807, 2.05) is 24.3 Å². The SMILES string of the molecule is COc1ccc(-c2cnsc2-c2cc(OC)c(OC)c(OC)c2)cc1NC(=O)C(N)Cc1ccc(O)cc1.Cl. The maximum absolute atomic E-state index is 12.9. The number of carbonyl (C=O) groups is 1. The van der Waals surface area contributed by atoms with Crippen molar-refractivity contribution in [3.63, 3.8) is 0 Å². The molecule has 4 aromatic rings. The van der Waals surface area contributed by atoms with Crippen molar-refractivity contribution in [3.05, 3.63) is 66.4 Å². The number of rotatable bonds is 10. The van der Waals surface area contributed by atoms with Crippen LogP contribution in [0.5, 0.6) is 28.7 Å². The highest BCUT2D eigenvalue weighted by atomic mass is 35.5. The number of hydrogen-bond acceptors (Lipinski definition) is 9. The number of amides is 1. The predicted molar refractivity (Wildman–Crippen MR) is 155 cm³/mol. The molecule has 39 heavy (non-hydrogen) atoms. The Morgan fingerprint density at radius 3 is 2.15 bits per heavy atom. The second-order valence-corrected chi connectivity index (χ2v) is 9.17. The van der Waals surface area contributed by atoms with E-state index < -0.39 is 6.04 Å². The summed E-state index contributed by atoms with van der Waals surface area (Å²) in [5, 5.41) is 12.4. The van der Waals surface area contributed by atoms with Gasteiger partial charge in [0.1, 0.15) is 11.5 Å². The Morgan fingerprint density at radius 1 is 0.923 bits per heavy atom. The van der Waals surface area contributed by atoms with Gasteiger partial charge in [0.05, 0.1) is 45.0 Å². The first-order chi connectivity index (χ1) is 18.4. The standard InChI is InChI=1S/C28H29N3O6S.ClH/c1-34-23-10-7-17(12-22(23)31-28(33)21(29)11-16-5-8-19(32)9-6-16)20-15-30-38-27(20)18-13-24(35-2)26(37-4)25(14-18)36-3;/h5-10,12-15,21,32H,11,29H2,1-4H3,(H,31,33);1H. The highest BCUT2D eigenvalue weighted by molar-refractivity contribution is 7.10. The van der Waals surface area contributed by atoms with Gasteiger partial charge in [-0.25, -0.2) is 0 Å². The second kappa shape index (κ2) is 13.2. The zero-order valence-corrected chi connectivity index (χ0v) is 23.5. The van der Waals surface area contributed by atoms with Gasteiger partial charge < -0.3 is 35.1 Å². The molecule has 4 N–H and O–H groups in total. The lowest BCUT2D eigenvalue weighted by Gasteiger charge is -2.16. The van der Waals surface area contributed by atoms with Gasteiger partial charge in [-0.1, -0.05) is 18.2 Å². The molecule has 0 spiro atoms. The first kappa shape index (κ1) is 29.6. The molecule has 1 atom stereocenters. The second-order valence-electron chi connectivity index (χ2n) is 8.36. The third-order valence-corrected chi connectivity index (χ3v) is 6.84. The Kier molecular flexibility index (Phi) is 10.00. The zero-order chi connectivity index (χ0) is 27.2. The maximum atomic E-state index is 12.9. The lowest BCUT2D eigenvalue weighted by molar-refractivity contribution is -0.117. The average Bonchev–Trinajstić information content (AvgIpc) is 3.43. The van der Waals surface area contributed by atoms with Crippen LogP contribution in [0.3, 0.4) is 0 Å². The molecule has 206 valence electrons. The lowest BCUT2D eigenvalue weighted by Crippen LogP contribution is -2.37. The van der Waals surface area contributed by atoms with Crippen LogP contribution in [0.15, 0.2) is 60.8 Å². The van der Waals surface area contributed by atoms with Crippen LogP contribution >= 0.6 is 23.9 Å². The Labute approximate surface area is 237 Å². The van der Waals surface area contributed by atoms with E-state index in [2.05, 4.69) is 9.69 Å². The van der Waals surface area contributed by atoms with Gasteiger partial charge in [-0.15, -0.1) is 12.4 Å². The molecule has 9 nitrogen and oxygen atoms in total. The van der Waals surface area contributed by atoms with E-state index in [1.54, 1.807) is 57.9 Å². The summed E-state index contributed by atoms with van der Waals surface area (Å²) in [5.74, 6) is 1.86. The summed E-state index contributed by atoms with van der Waals surface area (Å²) in [6.45, 7) is 0. The summed E-state index contributed by atoms with van der Waals surface area (Å²) in [5.41, 5.74) is 10.0. The molecule has 4 rings (SSSR count). The molecule has 1 aromatic heterocycles. The van der Waals surface area contributed by atoms with Crippen molar-refractivity contribution in [1.29, 1.82) is 0 Å². The van der Waals surface area contributed by atoms with Gasteiger partial charge in [-0.05, 0) is 65.5 Å². The number of aromatic hydroxyl groups is 1. The maximum Gasteiger partial charge on any atom is 0.241 e. The monoisotopic (exact) mass is 571 g/mol. The molecule has 11 heteroatoms. The first-order valence-corrected chi connectivity index (χ1v) is 12.4. The molecule has 0 aliphatic heterocycles. The van der Waals surface area contributed by atoms with Crippen LogP contribution in [-0.2, 0) is 11.2 Å². The number of halogens is 1. The largest absolute Gasteiger partial charge is 0.508 e. The Morgan fingerprint density at radius 2 is 1.56 bits per heavy atom. The molecule has 1 amide bonds. The van der Waals surface area contributed by atoms with E-state index in [-0.39, 0.29) is 24.1 Å². The van der Waals surface area contributed by atoms with Crippen molar-refractivity contribution >= 4 is 35.5 Å². The number of methoxy groups -OCH3 is 4. The summed E-state index contributed by atoms with van der Waals surface area (Å²) in [7, 11) is 6.23. The van der Waals surface area contributed by atoms with Gasteiger partial charge in [0.15, 0.2) is 11.5 Å². The molecule has 0 radical (unpaired) electrons. The van der Waals surface area contributed by atoms with Crippen molar-refractivity contribution in [3.8, 4) is 50.3 Å². The molecule has 0 bridgehead atoms. The lowest BCUT2D eigenvalue weighted by atomic mass is 10.0. The van der Waals surface area contributed by atoms with E-state index in [0.717, 1.165) is 27.1 Å². The molecule has 0 saturated heterocycles. The van der Waals surface area contributed by atoms with Gasteiger partial charge in [-0.3, -0.25) is 4.79 Å². The van der Waals surface area contributed by atoms with Gasteiger partial charge in [0.2, 0.25) is 11.7 Å². The van der Waals surface area contributed by atoms with Crippen molar-refractivity contribution < 1.29 is 28.8 Å². The van der Waals surface area contributed by atoms with Crippen molar-refractivity contribution in [2.75, 3.05) is 33.8 Å². The minimum absolute atomic E-state index is 0. The average molecular weight is 572 g/mol. The van der Waals surface area contributed by atoms with E-state index in [4.69, 9.17) is 24.7 Å². The minimum Gasteiger partial charge on any atom is -0.508 e. The number of aromatic nitrogens is 1. The van der Waals surface area contributed by atoms with Gasteiger partial charge in [0.25, 0.3) is 0 Å². The van der Waals surface area contributed by atoms with E-state index in [0.29, 0.717) is 35.1 Å². The molecule has 0 aliphatic rings. The minimum atomic E-state index is -0.800. The van der Waals surface area contributed by atoms with Crippen LogP contribution in [0.4, 0.5) is 5.69 Å². The molecule has 1 heterocycles. The molecule has 3 aromatic carbocycles. The Balaban J connectivity index is 0.00000420. The number of nitrogens with one attached hydrogen (secondary N) is 1. The van der Waals surface area contributed by atoms with Crippen LogP contribution in [-0.4, -0.2) is 49.9 Å².